The number of benzene rings is 2. The van der Waals surface area contributed by atoms with Gasteiger partial charge in [-0.2, -0.15) is 0 Å². The van der Waals surface area contributed by atoms with Crippen LogP contribution in [0.1, 0.15) is 22.1 Å². The van der Waals surface area contributed by atoms with Crippen LogP contribution in [0.3, 0.4) is 0 Å². The van der Waals surface area contributed by atoms with Crippen molar-refractivity contribution in [2.24, 2.45) is 0 Å². The van der Waals surface area contributed by atoms with Gasteiger partial charge >= 0.3 is 0 Å². The maximum absolute atomic E-state index is 12.6. The van der Waals surface area contributed by atoms with Crippen molar-refractivity contribution < 1.29 is 4.79 Å². The average Bonchev–Trinajstić information content (AvgIpc) is 3.34. The Labute approximate surface area is 144 Å². The first kappa shape index (κ1) is 14.0. The molecule has 0 fully saturated rings. The minimum atomic E-state index is -0.0951. The van der Waals surface area contributed by atoms with Crippen molar-refractivity contribution in [3.8, 4) is 11.3 Å². The number of hydrogen-bond acceptors (Lipinski definition) is 2. The predicted octanol–water partition coefficient (Wildman–Crippen LogP) is 3.36. The third-order valence-corrected chi connectivity index (χ3v) is 4.83. The largest absolute Gasteiger partial charge is 0.351 e. The molecule has 5 heteroatoms. The maximum atomic E-state index is 12.6. The molecule has 1 aliphatic rings. The Morgan fingerprint density at radius 2 is 2.00 bits per heavy atom. The number of nitrogens with one attached hydrogen (secondary N) is 2. The molecule has 122 valence electrons. The van der Waals surface area contributed by atoms with E-state index in [1.807, 2.05) is 55.0 Å². The molecule has 0 bridgehead atoms. The predicted molar refractivity (Wildman–Crippen MR) is 96.4 cm³/mol. The first-order valence-electron chi connectivity index (χ1n) is 8.28. The highest BCUT2D eigenvalue weighted by molar-refractivity contribution is 5.98. The summed E-state index contributed by atoms with van der Waals surface area (Å²) in [5.41, 5.74) is 5.05. The normalized spacial score (nSPS) is 15.1. The van der Waals surface area contributed by atoms with Gasteiger partial charge in [-0.25, -0.2) is 4.98 Å². The molecule has 2 N–H and O–H groups in total. The van der Waals surface area contributed by atoms with Gasteiger partial charge in [0, 0.05) is 23.0 Å². The van der Waals surface area contributed by atoms with E-state index in [-0.39, 0.29) is 11.9 Å². The first-order valence-corrected chi connectivity index (χ1v) is 8.28. The Balaban J connectivity index is 1.40. The standard InChI is InChI=1S/C20H16N4O/c25-20(17-9-13-5-1-4-8-16(13)23-17)22-11-19-15-7-3-2-6-14(15)18-10-21-12-24(18)19/h1-10,12,19,23H,11H2,(H,22,25)/t19-/m1/s1. The van der Waals surface area contributed by atoms with Crippen LogP contribution in [0.4, 0.5) is 0 Å². The van der Waals surface area contributed by atoms with Crippen LogP contribution < -0.4 is 5.32 Å². The number of carbonyl (C=O) groups excluding carboxylic acids is 1. The van der Waals surface area contributed by atoms with Gasteiger partial charge in [0.2, 0.25) is 0 Å². The van der Waals surface area contributed by atoms with E-state index < -0.39 is 0 Å². The summed E-state index contributed by atoms with van der Waals surface area (Å²) in [4.78, 5) is 20.0. The molecule has 0 unspecified atom stereocenters. The Morgan fingerprint density at radius 1 is 1.16 bits per heavy atom. The zero-order valence-electron chi connectivity index (χ0n) is 13.4. The van der Waals surface area contributed by atoms with Gasteiger partial charge in [-0.05, 0) is 17.7 Å². The van der Waals surface area contributed by atoms with Crippen LogP contribution in [0.2, 0.25) is 0 Å². The van der Waals surface area contributed by atoms with Crippen molar-refractivity contribution >= 4 is 16.8 Å². The van der Waals surface area contributed by atoms with Gasteiger partial charge in [0.15, 0.2) is 0 Å². The van der Waals surface area contributed by atoms with E-state index in [2.05, 4.69) is 32.0 Å². The minimum Gasteiger partial charge on any atom is -0.351 e. The molecule has 3 heterocycles. The second kappa shape index (κ2) is 5.34. The third-order valence-electron chi connectivity index (χ3n) is 4.83. The fourth-order valence-corrected chi connectivity index (χ4v) is 3.62. The molecule has 1 atom stereocenters. The summed E-state index contributed by atoms with van der Waals surface area (Å²) >= 11 is 0. The minimum absolute atomic E-state index is 0.0713. The van der Waals surface area contributed by atoms with Crippen LogP contribution >= 0.6 is 0 Å². The molecule has 4 aromatic rings. The zero-order valence-corrected chi connectivity index (χ0v) is 13.4. The van der Waals surface area contributed by atoms with Crippen molar-refractivity contribution in [2.45, 2.75) is 6.04 Å². The monoisotopic (exact) mass is 328 g/mol. The van der Waals surface area contributed by atoms with Gasteiger partial charge in [-0.15, -0.1) is 0 Å². The third kappa shape index (κ3) is 2.16. The zero-order chi connectivity index (χ0) is 16.8. The van der Waals surface area contributed by atoms with Crippen molar-refractivity contribution in [3.05, 3.63) is 78.4 Å². The number of imidazole rings is 1. The first-order chi connectivity index (χ1) is 12.3. The van der Waals surface area contributed by atoms with E-state index in [9.17, 15) is 4.79 Å². The van der Waals surface area contributed by atoms with E-state index in [0.29, 0.717) is 12.2 Å². The van der Waals surface area contributed by atoms with Gasteiger partial charge in [-0.3, -0.25) is 4.79 Å². The molecular weight excluding hydrogens is 312 g/mol. The fraction of sp³-hybridized carbons (Fsp3) is 0.100. The van der Waals surface area contributed by atoms with E-state index in [4.69, 9.17) is 0 Å². The quantitative estimate of drug-likeness (QED) is 0.606. The lowest BCUT2D eigenvalue weighted by atomic mass is 10.0. The highest BCUT2D eigenvalue weighted by Gasteiger charge is 2.28. The van der Waals surface area contributed by atoms with Crippen LogP contribution in [0.5, 0.6) is 0 Å². The Bertz CT molecular complexity index is 1060. The summed E-state index contributed by atoms with van der Waals surface area (Å²) in [5.74, 6) is -0.0951. The lowest BCUT2D eigenvalue weighted by Gasteiger charge is -2.15. The Morgan fingerprint density at radius 3 is 2.92 bits per heavy atom. The van der Waals surface area contributed by atoms with E-state index in [0.717, 1.165) is 16.6 Å². The van der Waals surface area contributed by atoms with Crippen molar-refractivity contribution in [1.82, 2.24) is 19.9 Å². The number of para-hydroxylation sites is 1. The molecular formula is C20H16N4O. The summed E-state index contributed by atoms with van der Waals surface area (Å²) in [5, 5.41) is 4.09. The fourth-order valence-electron chi connectivity index (χ4n) is 3.62. The van der Waals surface area contributed by atoms with Crippen LogP contribution in [0.15, 0.2) is 67.1 Å². The number of hydrogen-bond donors (Lipinski definition) is 2. The number of fused-ring (bicyclic) bond motifs is 4. The van der Waals surface area contributed by atoms with E-state index >= 15 is 0 Å². The second-order valence-electron chi connectivity index (χ2n) is 6.27. The molecule has 2 aromatic carbocycles. The molecule has 5 nitrogen and oxygen atoms in total. The summed E-state index contributed by atoms with van der Waals surface area (Å²) in [7, 11) is 0. The average molecular weight is 328 g/mol. The molecule has 1 aliphatic heterocycles. The number of amides is 1. The second-order valence-corrected chi connectivity index (χ2v) is 6.27. The smallest absolute Gasteiger partial charge is 0.267 e. The molecule has 0 saturated heterocycles. The van der Waals surface area contributed by atoms with Gasteiger partial charge < -0.3 is 14.9 Å². The van der Waals surface area contributed by atoms with Gasteiger partial charge in [0.1, 0.15) is 5.69 Å². The molecule has 25 heavy (non-hydrogen) atoms. The summed E-state index contributed by atoms with van der Waals surface area (Å²) < 4.78 is 2.12. The Kier molecular flexibility index (Phi) is 3.00. The topological polar surface area (TPSA) is 62.7 Å². The van der Waals surface area contributed by atoms with Crippen LogP contribution in [-0.2, 0) is 0 Å². The maximum Gasteiger partial charge on any atom is 0.267 e. The summed E-state index contributed by atoms with van der Waals surface area (Å²) in [6, 6.07) is 18.1. The van der Waals surface area contributed by atoms with Crippen molar-refractivity contribution in [1.29, 1.82) is 0 Å². The lowest BCUT2D eigenvalue weighted by Crippen LogP contribution is -2.30. The number of aromatic nitrogens is 3. The van der Waals surface area contributed by atoms with Crippen LogP contribution in [0.25, 0.3) is 22.2 Å². The number of aromatic amines is 1. The Hall–Kier alpha value is -3.34. The van der Waals surface area contributed by atoms with Crippen LogP contribution in [0, 0.1) is 0 Å². The number of H-pyrrole nitrogens is 1. The lowest BCUT2D eigenvalue weighted by molar-refractivity contribution is 0.0946. The van der Waals surface area contributed by atoms with Crippen LogP contribution in [-0.4, -0.2) is 27.0 Å². The van der Waals surface area contributed by atoms with Gasteiger partial charge in [-0.1, -0.05) is 42.5 Å². The molecule has 0 saturated carbocycles. The van der Waals surface area contributed by atoms with Gasteiger partial charge in [0.05, 0.1) is 24.3 Å². The molecule has 0 radical (unpaired) electrons. The molecule has 5 rings (SSSR count). The number of nitrogens with zero attached hydrogens (tertiary/aromatic N) is 2. The van der Waals surface area contributed by atoms with E-state index in [1.54, 1.807) is 0 Å². The summed E-state index contributed by atoms with van der Waals surface area (Å²) in [6.07, 6.45) is 3.70. The van der Waals surface area contributed by atoms with E-state index in [1.165, 1.54) is 11.1 Å². The molecule has 0 spiro atoms. The molecule has 1 amide bonds. The summed E-state index contributed by atoms with van der Waals surface area (Å²) in [6.45, 7) is 0.522. The highest BCUT2D eigenvalue weighted by Crippen LogP contribution is 2.38. The van der Waals surface area contributed by atoms with Crippen molar-refractivity contribution in [3.63, 3.8) is 0 Å². The number of rotatable bonds is 3. The highest BCUT2D eigenvalue weighted by atomic mass is 16.1. The van der Waals surface area contributed by atoms with Gasteiger partial charge in [0.25, 0.3) is 5.91 Å². The SMILES string of the molecule is O=C(NC[C@@H]1c2ccccc2-c2cncn21)c1cc2ccccc2[nH]1. The molecule has 0 aliphatic carbocycles. The van der Waals surface area contributed by atoms with Crippen molar-refractivity contribution in [2.75, 3.05) is 6.54 Å². The molecule has 2 aromatic heterocycles. The number of carbonyl (C=O) groups is 1.